The van der Waals surface area contributed by atoms with E-state index in [9.17, 15) is 0 Å². The summed E-state index contributed by atoms with van der Waals surface area (Å²) in [6, 6.07) is 21.6. The summed E-state index contributed by atoms with van der Waals surface area (Å²) in [7, 11) is 0. The van der Waals surface area contributed by atoms with Crippen molar-refractivity contribution in [1.82, 2.24) is 5.32 Å². The van der Waals surface area contributed by atoms with Crippen LogP contribution in [0.25, 0.3) is 0 Å². The lowest BCUT2D eigenvalue weighted by atomic mass is 10.0. The van der Waals surface area contributed by atoms with Gasteiger partial charge in [-0.1, -0.05) is 30.3 Å². The second kappa shape index (κ2) is 9.84. The summed E-state index contributed by atoms with van der Waals surface area (Å²) in [4.78, 5) is 2.47. The summed E-state index contributed by atoms with van der Waals surface area (Å²) in [5.41, 5.74) is 2.57. The molecule has 1 aliphatic rings. The SMILES string of the molecule is N#CCCCOc1cccc(CNC2CCN(c3ccccc3)CC2)c1. The Labute approximate surface area is 156 Å². The molecule has 3 rings (SSSR count). The van der Waals surface area contributed by atoms with Crippen molar-refractivity contribution >= 4 is 5.69 Å². The van der Waals surface area contributed by atoms with Crippen molar-refractivity contribution in [3.05, 3.63) is 60.2 Å². The lowest BCUT2D eigenvalue weighted by molar-refractivity contribution is 0.312. The lowest BCUT2D eigenvalue weighted by Gasteiger charge is -2.34. The Morgan fingerprint density at radius 3 is 2.65 bits per heavy atom. The second-order valence-corrected chi connectivity index (χ2v) is 6.74. The predicted molar refractivity (Wildman–Crippen MR) is 105 cm³/mol. The molecule has 0 aromatic heterocycles. The van der Waals surface area contributed by atoms with Gasteiger partial charge in [-0.3, -0.25) is 0 Å². The van der Waals surface area contributed by atoms with Gasteiger partial charge in [0.1, 0.15) is 5.75 Å². The first-order valence-corrected chi connectivity index (χ1v) is 9.47. The van der Waals surface area contributed by atoms with Crippen LogP contribution < -0.4 is 15.0 Å². The molecular formula is C22H27N3O. The smallest absolute Gasteiger partial charge is 0.119 e. The van der Waals surface area contributed by atoms with Gasteiger partial charge < -0.3 is 15.0 Å². The van der Waals surface area contributed by atoms with Crippen molar-refractivity contribution in [3.8, 4) is 11.8 Å². The summed E-state index contributed by atoms with van der Waals surface area (Å²) < 4.78 is 5.72. The van der Waals surface area contributed by atoms with E-state index in [0.29, 0.717) is 19.1 Å². The van der Waals surface area contributed by atoms with Crippen molar-refractivity contribution in [1.29, 1.82) is 5.26 Å². The van der Waals surface area contributed by atoms with E-state index in [0.717, 1.165) is 31.8 Å². The van der Waals surface area contributed by atoms with Crippen LogP contribution in [0.15, 0.2) is 54.6 Å². The molecule has 0 saturated carbocycles. The highest BCUT2D eigenvalue weighted by molar-refractivity contribution is 5.46. The first-order valence-electron chi connectivity index (χ1n) is 9.47. The molecule has 0 atom stereocenters. The fourth-order valence-electron chi connectivity index (χ4n) is 3.33. The van der Waals surface area contributed by atoms with Crippen LogP contribution in [0.4, 0.5) is 5.69 Å². The van der Waals surface area contributed by atoms with Gasteiger partial charge >= 0.3 is 0 Å². The lowest BCUT2D eigenvalue weighted by Crippen LogP contribution is -2.42. The molecule has 0 amide bonds. The molecular weight excluding hydrogens is 322 g/mol. The number of anilines is 1. The Kier molecular flexibility index (Phi) is 6.92. The number of unbranched alkanes of at least 4 members (excludes halogenated alkanes) is 1. The molecule has 4 nitrogen and oxygen atoms in total. The molecule has 136 valence electrons. The highest BCUT2D eigenvalue weighted by Gasteiger charge is 2.18. The number of hydrogen-bond acceptors (Lipinski definition) is 4. The van der Waals surface area contributed by atoms with E-state index in [4.69, 9.17) is 10.00 Å². The van der Waals surface area contributed by atoms with Crippen LogP contribution in [0.1, 0.15) is 31.2 Å². The predicted octanol–water partition coefficient (Wildman–Crippen LogP) is 4.13. The van der Waals surface area contributed by atoms with Crippen LogP contribution in [-0.2, 0) is 6.54 Å². The van der Waals surface area contributed by atoms with Crippen molar-refractivity contribution in [2.45, 2.75) is 38.3 Å². The third-order valence-corrected chi connectivity index (χ3v) is 4.81. The average molecular weight is 349 g/mol. The minimum atomic E-state index is 0.545. The topological polar surface area (TPSA) is 48.3 Å². The number of nitrogens with zero attached hydrogens (tertiary/aromatic N) is 2. The van der Waals surface area contributed by atoms with E-state index >= 15 is 0 Å². The summed E-state index contributed by atoms with van der Waals surface area (Å²) in [5, 5.41) is 12.3. The zero-order chi connectivity index (χ0) is 18.0. The monoisotopic (exact) mass is 349 g/mol. The standard InChI is InChI=1S/C22H27N3O/c23-13-4-5-16-26-22-10-6-7-19(17-22)18-24-20-11-14-25(15-12-20)21-8-2-1-3-9-21/h1-3,6-10,17,20,24H,4-5,11-12,14-16,18H2. The zero-order valence-electron chi connectivity index (χ0n) is 15.2. The molecule has 4 heteroatoms. The molecule has 0 radical (unpaired) electrons. The van der Waals surface area contributed by atoms with Crippen molar-refractivity contribution in [3.63, 3.8) is 0 Å². The molecule has 0 unspecified atom stereocenters. The molecule has 0 spiro atoms. The molecule has 0 bridgehead atoms. The van der Waals surface area contributed by atoms with Crippen LogP contribution in [0.2, 0.25) is 0 Å². The molecule has 1 N–H and O–H groups in total. The third-order valence-electron chi connectivity index (χ3n) is 4.81. The van der Waals surface area contributed by atoms with E-state index in [-0.39, 0.29) is 0 Å². The summed E-state index contributed by atoms with van der Waals surface area (Å²) in [6.45, 7) is 3.67. The number of nitriles is 1. The number of hydrogen-bond donors (Lipinski definition) is 1. The molecule has 2 aromatic carbocycles. The quantitative estimate of drug-likeness (QED) is 0.728. The molecule has 1 fully saturated rings. The van der Waals surface area contributed by atoms with E-state index in [2.05, 4.69) is 58.8 Å². The van der Waals surface area contributed by atoms with Crippen LogP contribution in [-0.4, -0.2) is 25.7 Å². The molecule has 26 heavy (non-hydrogen) atoms. The zero-order valence-corrected chi connectivity index (χ0v) is 15.2. The number of ether oxygens (including phenoxy) is 1. The van der Waals surface area contributed by atoms with Gasteiger partial charge in [0.25, 0.3) is 0 Å². The van der Waals surface area contributed by atoms with Gasteiger partial charge in [-0.15, -0.1) is 0 Å². The normalized spacial score (nSPS) is 14.8. The Hall–Kier alpha value is -2.51. The molecule has 1 saturated heterocycles. The molecule has 2 aromatic rings. The van der Waals surface area contributed by atoms with Gasteiger partial charge in [-0.25, -0.2) is 0 Å². The molecule has 1 heterocycles. The van der Waals surface area contributed by atoms with Crippen LogP contribution in [0, 0.1) is 11.3 Å². The van der Waals surface area contributed by atoms with Gasteiger partial charge in [-0.2, -0.15) is 5.26 Å². The first-order chi connectivity index (χ1) is 12.8. The van der Waals surface area contributed by atoms with E-state index < -0.39 is 0 Å². The number of benzene rings is 2. The van der Waals surface area contributed by atoms with E-state index in [1.165, 1.54) is 24.1 Å². The Bertz CT molecular complexity index is 703. The van der Waals surface area contributed by atoms with Gasteiger partial charge in [0.2, 0.25) is 0 Å². The van der Waals surface area contributed by atoms with E-state index in [1.807, 2.05) is 12.1 Å². The number of rotatable bonds is 8. The van der Waals surface area contributed by atoms with Crippen LogP contribution in [0.3, 0.4) is 0 Å². The first kappa shape index (κ1) is 18.3. The maximum absolute atomic E-state index is 8.57. The van der Waals surface area contributed by atoms with Gasteiger partial charge in [0.15, 0.2) is 0 Å². The Morgan fingerprint density at radius 1 is 1.08 bits per heavy atom. The molecule has 1 aliphatic heterocycles. The van der Waals surface area contributed by atoms with Gasteiger partial charge in [-0.05, 0) is 49.1 Å². The fourth-order valence-corrected chi connectivity index (χ4v) is 3.33. The minimum absolute atomic E-state index is 0.545. The maximum atomic E-state index is 8.57. The highest BCUT2D eigenvalue weighted by Crippen LogP contribution is 2.20. The number of nitrogens with one attached hydrogen (secondary N) is 1. The second-order valence-electron chi connectivity index (χ2n) is 6.74. The number of para-hydroxylation sites is 1. The molecule has 0 aliphatic carbocycles. The van der Waals surface area contributed by atoms with Gasteiger partial charge in [0.05, 0.1) is 12.7 Å². The highest BCUT2D eigenvalue weighted by atomic mass is 16.5. The number of piperidine rings is 1. The third kappa shape index (κ3) is 5.50. The minimum Gasteiger partial charge on any atom is -0.494 e. The average Bonchev–Trinajstić information content (AvgIpc) is 2.71. The Morgan fingerprint density at radius 2 is 1.88 bits per heavy atom. The van der Waals surface area contributed by atoms with Crippen molar-refractivity contribution < 1.29 is 4.74 Å². The largest absolute Gasteiger partial charge is 0.494 e. The van der Waals surface area contributed by atoms with Crippen molar-refractivity contribution in [2.24, 2.45) is 0 Å². The Balaban J connectivity index is 1.42. The van der Waals surface area contributed by atoms with Crippen molar-refractivity contribution in [2.75, 3.05) is 24.6 Å². The fraction of sp³-hybridized carbons (Fsp3) is 0.409. The van der Waals surface area contributed by atoms with E-state index in [1.54, 1.807) is 0 Å². The van der Waals surface area contributed by atoms with Crippen LogP contribution in [0.5, 0.6) is 5.75 Å². The summed E-state index contributed by atoms with van der Waals surface area (Å²) in [6.07, 6.45) is 3.65. The summed E-state index contributed by atoms with van der Waals surface area (Å²) in [5.74, 6) is 0.890. The maximum Gasteiger partial charge on any atom is 0.119 e. The summed E-state index contributed by atoms with van der Waals surface area (Å²) >= 11 is 0. The van der Waals surface area contributed by atoms with Gasteiger partial charge in [0, 0.05) is 37.8 Å². The van der Waals surface area contributed by atoms with Crippen LogP contribution >= 0.6 is 0 Å².